The minimum atomic E-state index is -0.642. The van der Waals surface area contributed by atoms with Crippen molar-refractivity contribution in [2.75, 3.05) is 31.1 Å². The van der Waals surface area contributed by atoms with Gasteiger partial charge < -0.3 is 14.5 Å². The summed E-state index contributed by atoms with van der Waals surface area (Å²) in [4.78, 5) is 24.6. The zero-order valence-corrected chi connectivity index (χ0v) is 14.1. The Balaban J connectivity index is 1.99. The topological polar surface area (TPSA) is 58.6 Å². The van der Waals surface area contributed by atoms with E-state index in [2.05, 4.69) is 16.5 Å². The maximum Gasteiger partial charge on any atom is 0.410 e. The fourth-order valence-corrected chi connectivity index (χ4v) is 2.70. The normalized spacial score (nSPS) is 15.1. The molecule has 23 heavy (non-hydrogen) atoms. The maximum atomic E-state index is 12.3. The van der Waals surface area contributed by atoms with Crippen LogP contribution in [0.1, 0.15) is 33.1 Å². The van der Waals surface area contributed by atoms with Crippen molar-refractivity contribution in [2.24, 2.45) is 0 Å². The standard InChI is InChI=1S/C17H26N4O2/c1-4-11-21(15-18-9-8-10-19-15)14-17(2,3)23-16(22)20-12-6-5-7-13-20/h4,8-10H,1,5-7,11-14H2,2-3H3. The zero-order valence-electron chi connectivity index (χ0n) is 14.1. The van der Waals surface area contributed by atoms with Crippen molar-refractivity contribution < 1.29 is 9.53 Å². The van der Waals surface area contributed by atoms with Gasteiger partial charge in [0.05, 0.1) is 6.54 Å². The number of nitrogens with zero attached hydrogens (tertiary/aromatic N) is 4. The van der Waals surface area contributed by atoms with Gasteiger partial charge in [-0.05, 0) is 39.2 Å². The van der Waals surface area contributed by atoms with Crippen LogP contribution in [-0.4, -0.2) is 52.7 Å². The van der Waals surface area contributed by atoms with Crippen LogP contribution in [-0.2, 0) is 4.74 Å². The fraction of sp³-hybridized carbons (Fsp3) is 0.588. The number of piperidine rings is 1. The highest BCUT2D eigenvalue weighted by Gasteiger charge is 2.29. The van der Waals surface area contributed by atoms with E-state index in [1.165, 1.54) is 6.42 Å². The van der Waals surface area contributed by atoms with Crippen LogP contribution in [0.2, 0.25) is 0 Å². The van der Waals surface area contributed by atoms with Gasteiger partial charge in [-0.3, -0.25) is 0 Å². The van der Waals surface area contributed by atoms with Gasteiger partial charge in [-0.15, -0.1) is 6.58 Å². The molecule has 2 rings (SSSR count). The molecule has 0 spiro atoms. The van der Waals surface area contributed by atoms with Gasteiger partial charge in [0.25, 0.3) is 0 Å². The second-order valence-corrected chi connectivity index (χ2v) is 6.39. The molecule has 0 atom stereocenters. The molecule has 1 aromatic heterocycles. The van der Waals surface area contributed by atoms with Crippen molar-refractivity contribution in [1.29, 1.82) is 0 Å². The molecule has 0 saturated carbocycles. The van der Waals surface area contributed by atoms with E-state index in [1.54, 1.807) is 29.4 Å². The third kappa shape index (κ3) is 5.23. The zero-order chi connectivity index (χ0) is 16.7. The lowest BCUT2D eigenvalue weighted by Crippen LogP contribution is -2.46. The van der Waals surface area contributed by atoms with E-state index in [0.29, 0.717) is 19.0 Å². The highest BCUT2D eigenvalue weighted by molar-refractivity contribution is 5.68. The van der Waals surface area contributed by atoms with Gasteiger partial charge in [0.2, 0.25) is 5.95 Å². The summed E-state index contributed by atoms with van der Waals surface area (Å²) < 4.78 is 5.73. The number of carbonyl (C=O) groups is 1. The maximum absolute atomic E-state index is 12.3. The largest absolute Gasteiger partial charge is 0.442 e. The van der Waals surface area contributed by atoms with Crippen LogP contribution in [0.5, 0.6) is 0 Å². The molecule has 6 nitrogen and oxygen atoms in total. The molecular formula is C17H26N4O2. The summed E-state index contributed by atoms with van der Waals surface area (Å²) in [5.41, 5.74) is -0.642. The van der Waals surface area contributed by atoms with E-state index in [4.69, 9.17) is 4.74 Å². The van der Waals surface area contributed by atoms with E-state index in [9.17, 15) is 4.79 Å². The van der Waals surface area contributed by atoms with Crippen LogP contribution < -0.4 is 4.90 Å². The highest BCUT2D eigenvalue weighted by Crippen LogP contribution is 2.18. The average molecular weight is 318 g/mol. The van der Waals surface area contributed by atoms with Crippen LogP contribution in [0.3, 0.4) is 0 Å². The van der Waals surface area contributed by atoms with Gasteiger partial charge >= 0.3 is 6.09 Å². The predicted molar refractivity (Wildman–Crippen MR) is 90.4 cm³/mol. The Morgan fingerprint density at radius 2 is 2.00 bits per heavy atom. The molecule has 0 unspecified atom stereocenters. The average Bonchev–Trinajstić information content (AvgIpc) is 2.55. The molecule has 1 fully saturated rings. The Morgan fingerprint density at radius 1 is 1.35 bits per heavy atom. The minimum absolute atomic E-state index is 0.234. The van der Waals surface area contributed by atoms with Crippen LogP contribution in [0.4, 0.5) is 10.7 Å². The van der Waals surface area contributed by atoms with Gasteiger partial charge in [0, 0.05) is 32.0 Å². The summed E-state index contributed by atoms with van der Waals surface area (Å²) in [6.45, 7) is 10.3. The number of hydrogen-bond acceptors (Lipinski definition) is 5. The Kier molecular flexibility index (Phi) is 5.96. The summed E-state index contributed by atoms with van der Waals surface area (Å²) in [5, 5.41) is 0. The summed E-state index contributed by atoms with van der Waals surface area (Å²) in [7, 11) is 0. The first kappa shape index (κ1) is 17.2. The van der Waals surface area contributed by atoms with Crippen LogP contribution >= 0.6 is 0 Å². The Hall–Kier alpha value is -2.11. The summed E-state index contributed by atoms with van der Waals surface area (Å²) in [5.74, 6) is 0.606. The number of ether oxygens (including phenoxy) is 1. The van der Waals surface area contributed by atoms with E-state index in [-0.39, 0.29) is 6.09 Å². The van der Waals surface area contributed by atoms with Crippen molar-refractivity contribution in [3.05, 3.63) is 31.1 Å². The Bertz CT molecular complexity index is 513. The van der Waals surface area contributed by atoms with Gasteiger partial charge in [-0.25, -0.2) is 14.8 Å². The lowest BCUT2D eigenvalue weighted by atomic mass is 10.1. The summed E-state index contributed by atoms with van der Waals surface area (Å²) >= 11 is 0. The lowest BCUT2D eigenvalue weighted by molar-refractivity contribution is 0.0149. The van der Waals surface area contributed by atoms with Crippen molar-refractivity contribution in [3.63, 3.8) is 0 Å². The van der Waals surface area contributed by atoms with Crippen LogP contribution in [0.15, 0.2) is 31.1 Å². The number of amides is 1. The van der Waals surface area contributed by atoms with Crippen LogP contribution in [0.25, 0.3) is 0 Å². The fourth-order valence-electron chi connectivity index (χ4n) is 2.70. The van der Waals surface area contributed by atoms with Crippen molar-refractivity contribution in [3.8, 4) is 0 Å². The lowest BCUT2D eigenvalue weighted by Gasteiger charge is -2.35. The molecule has 1 amide bonds. The summed E-state index contributed by atoms with van der Waals surface area (Å²) in [6.07, 6.45) is 8.24. The number of aromatic nitrogens is 2. The van der Waals surface area contributed by atoms with Crippen molar-refractivity contribution >= 4 is 12.0 Å². The molecule has 1 aliphatic heterocycles. The molecule has 0 radical (unpaired) electrons. The number of likely N-dealkylation sites (tertiary alicyclic amines) is 1. The third-order valence-electron chi connectivity index (χ3n) is 3.73. The van der Waals surface area contributed by atoms with E-state index in [0.717, 1.165) is 25.9 Å². The molecule has 1 aliphatic rings. The number of anilines is 1. The number of carbonyl (C=O) groups excluding carboxylic acids is 1. The van der Waals surface area contributed by atoms with E-state index < -0.39 is 5.60 Å². The van der Waals surface area contributed by atoms with Crippen molar-refractivity contribution in [2.45, 2.75) is 38.7 Å². The molecule has 2 heterocycles. The molecule has 0 aromatic carbocycles. The SMILES string of the molecule is C=CCN(CC(C)(C)OC(=O)N1CCCCC1)c1ncccn1. The first-order valence-corrected chi connectivity index (χ1v) is 8.12. The summed E-state index contributed by atoms with van der Waals surface area (Å²) in [6, 6.07) is 1.77. The van der Waals surface area contributed by atoms with Crippen LogP contribution in [0, 0.1) is 0 Å². The molecular weight excluding hydrogens is 292 g/mol. The minimum Gasteiger partial charge on any atom is -0.442 e. The predicted octanol–water partition coefficient (Wildman–Crippen LogP) is 2.87. The molecule has 0 aliphatic carbocycles. The smallest absolute Gasteiger partial charge is 0.410 e. The van der Waals surface area contributed by atoms with Crippen molar-refractivity contribution in [1.82, 2.24) is 14.9 Å². The Morgan fingerprint density at radius 3 is 2.61 bits per heavy atom. The number of rotatable bonds is 6. The molecule has 126 valence electrons. The van der Waals surface area contributed by atoms with Gasteiger partial charge in [0.1, 0.15) is 5.60 Å². The molecule has 0 N–H and O–H groups in total. The highest BCUT2D eigenvalue weighted by atomic mass is 16.6. The molecule has 0 bridgehead atoms. The third-order valence-corrected chi connectivity index (χ3v) is 3.73. The Labute approximate surface area is 138 Å². The van der Waals surface area contributed by atoms with Gasteiger partial charge in [-0.1, -0.05) is 6.08 Å². The van der Waals surface area contributed by atoms with E-state index in [1.807, 2.05) is 18.7 Å². The van der Waals surface area contributed by atoms with Gasteiger partial charge in [-0.2, -0.15) is 0 Å². The quantitative estimate of drug-likeness (QED) is 0.755. The monoisotopic (exact) mass is 318 g/mol. The van der Waals surface area contributed by atoms with Gasteiger partial charge in [0.15, 0.2) is 0 Å². The second-order valence-electron chi connectivity index (χ2n) is 6.39. The second kappa shape index (κ2) is 7.94. The molecule has 1 aromatic rings. The van der Waals surface area contributed by atoms with E-state index >= 15 is 0 Å². The number of hydrogen-bond donors (Lipinski definition) is 0. The molecule has 6 heteroatoms. The first-order valence-electron chi connectivity index (χ1n) is 8.12. The first-order chi connectivity index (χ1) is 11.0. The molecule has 1 saturated heterocycles.